The fraction of sp³-hybridized carbons (Fsp3) is 0.500. The monoisotopic (exact) mass is 419 g/mol. The van der Waals surface area contributed by atoms with Gasteiger partial charge in [-0.15, -0.1) is 5.10 Å². The molecule has 0 N–H and O–H groups in total. The molecule has 1 aliphatic heterocycles. The van der Waals surface area contributed by atoms with Crippen molar-refractivity contribution in [3.05, 3.63) is 35.5 Å². The van der Waals surface area contributed by atoms with Crippen molar-refractivity contribution in [2.24, 2.45) is 0 Å². The lowest BCUT2D eigenvalue weighted by molar-refractivity contribution is -0.144. The standard InChI is InChI=1S/C16H15F6N7/c1-9-7-12(29-14(23-9)24-13(26-29)16(20,21)22)27-5-2-3-10(8-27)28-6-4-11(25-28)15(17,18)19/h4,6-7,10H,2-3,5,8H2,1H3. The molecule has 1 fully saturated rings. The Bertz CT molecular complexity index is 1030. The SMILES string of the molecule is Cc1cc(N2CCCC(n3ccc(C(F)(F)F)n3)C2)n2nc(C(F)(F)F)nc2n1. The van der Waals surface area contributed by atoms with Crippen LogP contribution in [-0.2, 0) is 12.4 Å². The van der Waals surface area contributed by atoms with Gasteiger partial charge in [0, 0.05) is 31.0 Å². The van der Waals surface area contributed by atoms with Crippen molar-refractivity contribution < 1.29 is 26.3 Å². The summed E-state index contributed by atoms with van der Waals surface area (Å²) in [4.78, 5) is 9.21. The zero-order valence-corrected chi connectivity index (χ0v) is 15.0. The molecule has 7 nitrogen and oxygen atoms in total. The fourth-order valence-corrected chi connectivity index (χ4v) is 3.38. The van der Waals surface area contributed by atoms with Crippen LogP contribution in [0.5, 0.6) is 0 Å². The Balaban J connectivity index is 1.67. The number of hydrogen-bond acceptors (Lipinski definition) is 5. The number of alkyl halides is 6. The Hall–Kier alpha value is -2.86. The number of aromatic nitrogens is 6. The van der Waals surface area contributed by atoms with E-state index >= 15 is 0 Å². The third-order valence-corrected chi connectivity index (χ3v) is 4.67. The second-order valence-electron chi connectivity index (χ2n) is 6.82. The average Bonchev–Trinajstić information content (AvgIpc) is 3.27. The number of hydrogen-bond donors (Lipinski definition) is 0. The smallest absolute Gasteiger partial charge is 0.354 e. The molecule has 4 heterocycles. The molecule has 0 aliphatic carbocycles. The molecule has 1 atom stereocenters. The first-order valence-corrected chi connectivity index (χ1v) is 8.71. The van der Waals surface area contributed by atoms with E-state index in [2.05, 4.69) is 20.2 Å². The van der Waals surface area contributed by atoms with Crippen LogP contribution in [0.3, 0.4) is 0 Å². The molecular formula is C16H15F6N7. The Morgan fingerprint density at radius 2 is 1.79 bits per heavy atom. The van der Waals surface area contributed by atoms with Crippen LogP contribution in [0.4, 0.5) is 32.2 Å². The van der Waals surface area contributed by atoms with Crippen molar-refractivity contribution in [3.63, 3.8) is 0 Å². The van der Waals surface area contributed by atoms with E-state index in [-0.39, 0.29) is 18.4 Å². The van der Waals surface area contributed by atoms with Gasteiger partial charge in [0.2, 0.25) is 0 Å². The van der Waals surface area contributed by atoms with Gasteiger partial charge >= 0.3 is 12.4 Å². The first kappa shape index (κ1) is 19.5. The molecule has 0 amide bonds. The van der Waals surface area contributed by atoms with Crippen LogP contribution in [0.1, 0.15) is 36.1 Å². The second kappa shape index (κ2) is 6.59. The third-order valence-electron chi connectivity index (χ3n) is 4.67. The lowest BCUT2D eigenvalue weighted by atomic mass is 10.1. The molecule has 29 heavy (non-hydrogen) atoms. The Kier molecular flexibility index (Phi) is 4.42. The maximum atomic E-state index is 13.0. The number of aryl methyl sites for hydroxylation is 1. The first-order valence-electron chi connectivity index (χ1n) is 8.71. The third kappa shape index (κ3) is 3.72. The molecule has 0 spiro atoms. The van der Waals surface area contributed by atoms with Gasteiger partial charge in [-0.25, -0.2) is 4.98 Å². The molecule has 0 radical (unpaired) electrons. The Labute approximate surface area is 160 Å². The number of rotatable bonds is 2. The van der Waals surface area contributed by atoms with Crippen molar-refractivity contribution in [2.45, 2.75) is 38.2 Å². The highest BCUT2D eigenvalue weighted by Gasteiger charge is 2.38. The summed E-state index contributed by atoms with van der Waals surface area (Å²) in [5, 5.41) is 7.16. The summed E-state index contributed by atoms with van der Waals surface area (Å²) < 4.78 is 79.7. The molecule has 13 heteroatoms. The molecule has 1 saturated heterocycles. The van der Waals surface area contributed by atoms with Crippen molar-refractivity contribution in [1.82, 2.24) is 29.4 Å². The van der Waals surface area contributed by atoms with E-state index in [1.54, 1.807) is 17.9 Å². The molecule has 1 aliphatic rings. The topological polar surface area (TPSA) is 64.1 Å². The van der Waals surface area contributed by atoms with E-state index < -0.39 is 23.9 Å². The number of anilines is 1. The molecule has 3 aromatic heterocycles. The number of nitrogens with zero attached hydrogens (tertiary/aromatic N) is 7. The van der Waals surface area contributed by atoms with E-state index in [0.717, 1.165) is 10.6 Å². The molecule has 3 aromatic rings. The van der Waals surface area contributed by atoms with Gasteiger partial charge in [0.15, 0.2) is 5.69 Å². The zero-order valence-electron chi connectivity index (χ0n) is 15.0. The summed E-state index contributed by atoms with van der Waals surface area (Å²) in [6, 6.07) is 2.11. The highest BCUT2D eigenvalue weighted by atomic mass is 19.4. The van der Waals surface area contributed by atoms with Crippen LogP contribution >= 0.6 is 0 Å². The van der Waals surface area contributed by atoms with Crippen molar-refractivity contribution in [2.75, 3.05) is 18.0 Å². The molecule has 4 rings (SSSR count). The van der Waals surface area contributed by atoms with Crippen LogP contribution in [0.2, 0.25) is 0 Å². The van der Waals surface area contributed by atoms with E-state index in [9.17, 15) is 26.3 Å². The highest BCUT2D eigenvalue weighted by molar-refractivity contribution is 5.48. The number of fused-ring (bicyclic) bond motifs is 1. The van der Waals surface area contributed by atoms with Gasteiger partial charge in [0.1, 0.15) is 5.82 Å². The maximum Gasteiger partial charge on any atom is 0.453 e. The minimum absolute atomic E-state index is 0.187. The van der Waals surface area contributed by atoms with Crippen molar-refractivity contribution >= 4 is 11.6 Å². The summed E-state index contributed by atoms with van der Waals surface area (Å²) in [5.41, 5.74) is -0.531. The normalized spacial score (nSPS) is 18.6. The Morgan fingerprint density at radius 1 is 1.03 bits per heavy atom. The van der Waals surface area contributed by atoms with Crippen LogP contribution in [0, 0.1) is 6.92 Å². The van der Waals surface area contributed by atoms with Crippen LogP contribution < -0.4 is 4.90 Å². The van der Waals surface area contributed by atoms with E-state index in [0.29, 0.717) is 30.9 Å². The predicted molar refractivity (Wildman–Crippen MR) is 88.2 cm³/mol. The predicted octanol–water partition coefficient (Wildman–Crippen LogP) is 3.51. The summed E-state index contributed by atoms with van der Waals surface area (Å²) in [5.74, 6) is -1.14. The van der Waals surface area contributed by atoms with Gasteiger partial charge in [0.25, 0.3) is 11.6 Å². The van der Waals surface area contributed by atoms with Crippen LogP contribution in [0.25, 0.3) is 5.78 Å². The highest BCUT2D eigenvalue weighted by Crippen LogP contribution is 2.32. The first-order chi connectivity index (χ1) is 13.5. The summed E-state index contributed by atoms with van der Waals surface area (Å²) in [6.45, 7) is 2.39. The lowest BCUT2D eigenvalue weighted by Gasteiger charge is -2.34. The summed E-state index contributed by atoms with van der Waals surface area (Å²) in [7, 11) is 0. The van der Waals surface area contributed by atoms with Gasteiger partial charge in [-0.1, -0.05) is 0 Å². The molecule has 0 aromatic carbocycles. The molecule has 1 unspecified atom stereocenters. The zero-order chi connectivity index (χ0) is 21.0. The van der Waals surface area contributed by atoms with Gasteiger partial charge in [-0.05, 0) is 25.8 Å². The molecule has 0 bridgehead atoms. The van der Waals surface area contributed by atoms with Crippen molar-refractivity contribution in [3.8, 4) is 0 Å². The van der Waals surface area contributed by atoms with Gasteiger partial charge in [-0.3, -0.25) is 4.68 Å². The minimum atomic E-state index is -4.72. The van der Waals surface area contributed by atoms with E-state index in [1.807, 2.05) is 0 Å². The van der Waals surface area contributed by atoms with E-state index in [4.69, 9.17) is 0 Å². The maximum absolute atomic E-state index is 13.0. The summed E-state index contributed by atoms with van der Waals surface area (Å²) >= 11 is 0. The molecule has 0 saturated carbocycles. The van der Waals surface area contributed by atoms with Crippen LogP contribution in [-0.4, -0.2) is 42.5 Å². The fourth-order valence-electron chi connectivity index (χ4n) is 3.38. The van der Waals surface area contributed by atoms with Crippen LogP contribution in [0.15, 0.2) is 18.3 Å². The Morgan fingerprint density at radius 3 is 2.45 bits per heavy atom. The second-order valence-corrected chi connectivity index (χ2v) is 6.82. The largest absolute Gasteiger partial charge is 0.453 e. The quantitative estimate of drug-likeness (QED) is 0.595. The lowest BCUT2D eigenvalue weighted by Crippen LogP contribution is -2.38. The van der Waals surface area contributed by atoms with E-state index in [1.165, 1.54) is 10.9 Å². The van der Waals surface area contributed by atoms with Gasteiger partial charge in [-0.2, -0.15) is 40.9 Å². The summed E-state index contributed by atoms with van der Waals surface area (Å²) in [6.07, 6.45) is -6.78. The van der Waals surface area contributed by atoms with Crippen molar-refractivity contribution in [1.29, 1.82) is 0 Å². The molecule has 156 valence electrons. The number of halogens is 6. The number of piperidine rings is 1. The minimum Gasteiger partial charge on any atom is -0.354 e. The van der Waals surface area contributed by atoms with Gasteiger partial charge < -0.3 is 4.90 Å². The van der Waals surface area contributed by atoms with Gasteiger partial charge in [0.05, 0.1) is 6.04 Å². The molecular weight excluding hydrogens is 404 g/mol. The average molecular weight is 419 g/mol.